The molecule has 2 aromatic rings. The van der Waals surface area contributed by atoms with Crippen LogP contribution in [0.4, 0.5) is 0 Å². The molecule has 10 heteroatoms. The molecule has 2 aromatic carbocycles. The van der Waals surface area contributed by atoms with Crippen molar-refractivity contribution < 1.29 is 28.5 Å². The van der Waals surface area contributed by atoms with Crippen molar-refractivity contribution in [2.45, 2.75) is 48.5 Å². The highest BCUT2D eigenvalue weighted by Gasteiger charge is 2.47. The van der Waals surface area contributed by atoms with Gasteiger partial charge in [0, 0.05) is 6.92 Å². The van der Waals surface area contributed by atoms with Gasteiger partial charge in [0.2, 0.25) is 12.2 Å². The van der Waals surface area contributed by atoms with E-state index in [1.807, 2.05) is 60.7 Å². The molecule has 3 rings (SSSR count). The van der Waals surface area contributed by atoms with E-state index in [9.17, 15) is 4.79 Å². The lowest BCUT2D eigenvalue weighted by Gasteiger charge is -2.41. The van der Waals surface area contributed by atoms with Crippen LogP contribution in [-0.2, 0) is 41.7 Å². The SMILES string of the molecule is CC(=O)O[C@H]1[C@H](OCc2ccccc2)COC(OC(=N)C(Cl)(Cl)Cl)[C@@H]1OCc1ccccc1. The van der Waals surface area contributed by atoms with E-state index in [1.54, 1.807) is 0 Å². The number of carbonyl (C=O) groups excluding carboxylic acids is 1. The molecule has 1 heterocycles. The first-order chi connectivity index (χ1) is 15.7. The Bertz CT molecular complexity index is 909. The molecule has 4 atom stereocenters. The Kier molecular flexibility index (Phi) is 9.37. The minimum atomic E-state index is -2.09. The average molecular weight is 517 g/mol. The molecule has 0 saturated carbocycles. The van der Waals surface area contributed by atoms with Crippen molar-refractivity contribution in [1.82, 2.24) is 0 Å². The van der Waals surface area contributed by atoms with Gasteiger partial charge in [0.25, 0.3) is 3.79 Å². The first-order valence-corrected chi connectivity index (χ1v) is 11.3. The lowest BCUT2D eigenvalue weighted by atomic mass is 10.0. The number of esters is 1. The quantitative estimate of drug-likeness (QED) is 0.234. The predicted octanol–water partition coefficient (Wildman–Crippen LogP) is 4.81. The Balaban J connectivity index is 1.80. The van der Waals surface area contributed by atoms with Crippen molar-refractivity contribution in [2.75, 3.05) is 6.61 Å². The maximum Gasteiger partial charge on any atom is 0.303 e. The number of benzene rings is 2. The normalized spacial score (nSPS) is 23.0. The van der Waals surface area contributed by atoms with Gasteiger partial charge in [-0.15, -0.1) is 0 Å². The first-order valence-electron chi connectivity index (χ1n) is 10.2. The molecular weight excluding hydrogens is 493 g/mol. The van der Waals surface area contributed by atoms with Crippen LogP contribution >= 0.6 is 34.8 Å². The van der Waals surface area contributed by atoms with Gasteiger partial charge < -0.3 is 23.7 Å². The molecule has 1 fully saturated rings. The van der Waals surface area contributed by atoms with Gasteiger partial charge in [-0.1, -0.05) is 95.5 Å². The van der Waals surface area contributed by atoms with Crippen LogP contribution in [0, 0.1) is 5.41 Å². The molecule has 1 N–H and O–H groups in total. The minimum absolute atomic E-state index is 0.00772. The molecule has 1 unspecified atom stereocenters. The molecule has 0 bridgehead atoms. The zero-order chi connectivity index (χ0) is 23.8. The van der Waals surface area contributed by atoms with Crippen molar-refractivity contribution in [3.05, 3.63) is 71.8 Å². The molecular formula is C23H24Cl3NO6. The number of alkyl halides is 3. The van der Waals surface area contributed by atoms with Gasteiger partial charge in [0.15, 0.2) is 12.2 Å². The number of nitrogens with one attached hydrogen (secondary N) is 1. The summed E-state index contributed by atoms with van der Waals surface area (Å²) in [5, 5.41) is 7.92. The van der Waals surface area contributed by atoms with E-state index in [2.05, 4.69) is 0 Å². The maximum absolute atomic E-state index is 11.9. The molecule has 0 radical (unpaired) electrons. The first kappa shape index (κ1) is 25.7. The van der Waals surface area contributed by atoms with Crippen molar-refractivity contribution in [3.63, 3.8) is 0 Å². The van der Waals surface area contributed by atoms with E-state index in [1.165, 1.54) is 6.92 Å². The molecule has 1 aliphatic heterocycles. The number of rotatable bonds is 8. The maximum atomic E-state index is 11.9. The van der Waals surface area contributed by atoms with Gasteiger partial charge in [-0.05, 0) is 11.1 Å². The zero-order valence-corrected chi connectivity index (χ0v) is 20.1. The van der Waals surface area contributed by atoms with E-state index in [0.29, 0.717) is 0 Å². The van der Waals surface area contributed by atoms with Crippen LogP contribution in [0.3, 0.4) is 0 Å². The summed E-state index contributed by atoms with van der Waals surface area (Å²) >= 11 is 17.3. The fraction of sp³-hybridized carbons (Fsp3) is 0.391. The number of hydrogen-bond acceptors (Lipinski definition) is 7. The zero-order valence-electron chi connectivity index (χ0n) is 17.8. The third kappa shape index (κ3) is 7.84. The summed E-state index contributed by atoms with van der Waals surface area (Å²) in [4.78, 5) is 11.9. The van der Waals surface area contributed by atoms with Crippen molar-refractivity contribution in [3.8, 4) is 0 Å². The smallest absolute Gasteiger partial charge is 0.303 e. The van der Waals surface area contributed by atoms with Gasteiger partial charge in [0.05, 0.1) is 19.8 Å². The Labute approximate surface area is 207 Å². The highest BCUT2D eigenvalue weighted by atomic mass is 35.6. The van der Waals surface area contributed by atoms with Gasteiger partial charge in [-0.3, -0.25) is 10.2 Å². The molecule has 178 valence electrons. The molecule has 0 aliphatic carbocycles. The van der Waals surface area contributed by atoms with Crippen molar-refractivity contribution in [1.29, 1.82) is 5.41 Å². The van der Waals surface area contributed by atoms with Gasteiger partial charge in [0.1, 0.15) is 6.10 Å². The molecule has 0 amide bonds. The van der Waals surface area contributed by atoms with Gasteiger partial charge in [-0.25, -0.2) is 0 Å². The summed E-state index contributed by atoms with van der Waals surface area (Å²) in [5.41, 5.74) is 1.82. The van der Waals surface area contributed by atoms with Crippen LogP contribution < -0.4 is 0 Å². The van der Waals surface area contributed by atoms with E-state index in [0.717, 1.165) is 11.1 Å². The Morgan fingerprint density at radius 1 is 0.939 bits per heavy atom. The van der Waals surface area contributed by atoms with E-state index < -0.39 is 40.3 Å². The van der Waals surface area contributed by atoms with Gasteiger partial charge in [-0.2, -0.15) is 0 Å². The molecule has 7 nitrogen and oxygen atoms in total. The second-order valence-corrected chi connectivity index (χ2v) is 9.60. The standard InChI is InChI=1S/C23H24Cl3NO6/c1-15(28)32-19-18(29-12-16-8-4-2-5-9-16)14-31-21(33-22(27)23(24,25)26)20(19)30-13-17-10-6-3-7-11-17/h2-11,18-21,27H,12-14H2,1H3/t18-,19+,20-,21?/m1/s1. The third-order valence-electron chi connectivity index (χ3n) is 4.77. The summed E-state index contributed by atoms with van der Waals surface area (Å²) in [7, 11) is 0. The van der Waals surface area contributed by atoms with Crippen LogP contribution in [0.1, 0.15) is 18.1 Å². The summed E-state index contributed by atoms with van der Waals surface area (Å²) in [6, 6.07) is 18.9. The molecule has 1 aliphatic rings. The Morgan fingerprint density at radius 2 is 1.48 bits per heavy atom. The lowest BCUT2D eigenvalue weighted by molar-refractivity contribution is -0.275. The van der Waals surface area contributed by atoms with Crippen LogP contribution in [-0.4, -0.2) is 46.9 Å². The fourth-order valence-electron chi connectivity index (χ4n) is 3.22. The molecule has 0 spiro atoms. The highest BCUT2D eigenvalue weighted by molar-refractivity contribution is 6.76. The van der Waals surface area contributed by atoms with E-state index in [-0.39, 0.29) is 19.8 Å². The third-order valence-corrected chi connectivity index (χ3v) is 5.28. The van der Waals surface area contributed by atoms with Gasteiger partial charge >= 0.3 is 5.97 Å². The number of halogens is 3. The van der Waals surface area contributed by atoms with Crippen molar-refractivity contribution in [2.24, 2.45) is 0 Å². The number of ether oxygens (including phenoxy) is 5. The molecule has 33 heavy (non-hydrogen) atoms. The topological polar surface area (TPSA) is 87.1 Å². The van der Waals surface area contributed by atoms with Crippen LogP contribution in [0.25, 0.3) is 0 Å². The number of hydrogen-bond donors (Lipinski definition) is 1. The molecule has 1 saturated heterocycles. The van der Waals surface area contributed by atoms with Crippen LogP contribution in [0.5, 0.6) is 0 Å². The van der Waals surface area contributed by atoms with E-state index >= 15 is 0 Å². The Hall–Kier alpha value is -1.87. The largest absolute Gasteiger partial charge is 0.457 e. The van der Waals surface area contributed by atoms with Crippen LogP contribution in [0.15, 0.2) is 60.7 Å². The fourth-order valence-corrected chi connectivity index (χ4v) is 3.36. The van der Waals surface area contributed by atoms with Crippen molar-refractivity contribution >= 4 is 46.7 Å². The summed E-state index contributed by atoms with van der Waals surface area (Å²) in [5.74, 6) is -1.17. The summed E-state index contributed by atoms with van der Waals surface area (Å²) in [6.07, 6.45) is -3.68. The Morgan fingerprint density at radius 3 is 2.00 bits per heavy atom. The van der Waals surface area contributed by atoms with Crippen LogP contribution in [0.2, 0.25) is 0 Å². The minimum Gasteiger partial charge on any atom is -0.457 e. The highest BCUT2D eigenvalue weighted by Crippen LogP contribution is 2.32. The summed E-state index contributed by atoms with van der Waals surface area (Å²) in [6.45, 7) is 1.73. The molecule has 0 aromatic heterocycles. The number of carbonyl (C=O) groups is 1. The monoisotopic (exact) mass is 515 g/mol. The summed E-state index contributed by atoms with van der Waals surface area (Å²) < 4.78 is 26.8. The average Bonchev–Trinajstić information content (AvgIpc) is 2.78. The predicted molar refractivity (Wildman–Crippen MR) is 124 cm³/mol. The second kappa shape index (κ2) is 12.0. The second-order valence-electron chi connectivity index (χ2n) is 7.32. The lowest BCUT2D eigenvalue weighted by Crippen LogP contribution is -2.58. The van der Waals surface area contributed by atoms with E-state index in [4.69, 9.17) is 63.9 Å².